The number of fused-ring (bicyclic) bond motifs is 4. The molecule has 0 bridgehead atoms. The van der Waals surface area contributed by atoms with Crippen LogP contribution in [0.3, 0.4) is 0 Å². The molecule has 3 aliphatic heterocycles. The van der Waals surface area contributed by atoms with Crippen LogP contribution in [0.4, 0.5) is 0 Å². The number of amides is 4. The molecule has 5 aliphatic rings. The van der Waals surface area contributed by atoms with Gasteiger partial charge in [0.25, 0.3) is 11.8 Å². The number of aromatic nitrogens is 3. The fourth-order valence-electron chi connectivity index (χ4n) is 9.92. The Morgan fingerprint density at radius 1 is 0.845 bits per heavy atom. The van der Waals surface area contributed by atoms with Crippen LogP contribution in [-0.2, 0) is 16.6 Å². The van der Waals surface area contributed by atoms with Crippen LogP contribution in [0.15, 0.2) is 73.2 Å². The van der Waals surface area contributed by atoms with Crippen molar-refractivity contribution in [2.45, 2.75) is 82.0 Å². The van der Waals surface area contributed by atoms with E-state index in [4.69, 9.17) is 9.47 Å². The molecule has 1 spiro atoms. The summed E-state index contributed by atoms with van der Waals surface area (Å²) >= 11 is 0. The van der Waals surface area contributed by atoms with Crippen LogP contribution in [-0.4, -0.2) is 98.4 Å². The van der Waals surface area contributed by atoms with E-state index in [9.17, 15) is 19.2 Å². The molecular formula is C45H47N7O6. The number of ether oxygens (including phenoxy) is 2. The summed E-state index contributed by atoms with van der Waals surface area (Å²) in [6.07, 6.45) is 13.7. The number of hydrogen-bond acceptors (Lipinski definition) is 10. The lowest BCUT2D eigenvalue weighted by atomic mass is 9.60. The number of carbonyl (C=O) groups is 4. The summed E-state index contributed by atoms with van der Waals surface area (Å²) in [7, 11) is 2.10. The second kappa shape index (κ2) is 14.6. The number of carbonyl (C=O) groups excluding carboxylic acids is 4. The second-order valence-corrected chi connectivity index (χ2v) is 17.0. The molecule has 1 atom stereocenters. The largest absolute Gasteiger partial charge is 0.494 e. The minimum Gasteiger partial charge on any atom is -0.494 e. The first kappa shape index (κ1) is 36.7. The maximum Gasteiger partial charge on any atom is 0.262 e. The summed E-state index contributed by atoms with van der Waals surface area (Å²) in [4.78, 5) is 62.4. The molecule has 58 heavy (non-hydrogen) atoms. The van der Waals surface area contributed by atoms with Gasteiger partial charge in [-0.15, -0.1) is 0 Å². The van der Waals surface area contributed by atoms with Gasteiger partial charge in [0.1, 0.15) is 17.9 Å². The van der Waals surface area contributed by atoms with Crippen molar-refractivity contribution in [1.82, 2.24) is 35.0 Å². The van der Waals surface area contributed by atoms with Crippen molar-refractivity contribution < 1.29 is 28.7 Å². The molecule has 4 fully saturated rings. The molecule has 2 saturated carbocycles. The Morgan fingerprint density at radius 3 is 2.48 bits per heavy atom. The molecule has 3 aromatic heterocycles. The van der Waals surface area contributed by atoms with Crippen molar-refractivity contribution in [3.05, 3.63) is 84.3 Å². The summed E-state index contributed by atoms with van der Waals surface area (Å²) < 4.78 is 14.4. The fourth-order valence-corrected chi connectivity index (χ4v) is 9.92. The highest BCUT2D eigenvalue weighted by atomic mass is 16.5. The highest BCUT2D eigenvalue weighted by Crippen LogP contribution is 2.49. The normalized spacial score (nSPS) is 22.8. The Labute approximate surface area is 336 Å². The zero-order chi connectivity index (χ0) is 39.5. The van der Waals surface area contributed by atoms with Gasteiger partial charge in [0, 0.05) is 85.2 Å². The molecule has 298 valence electrons. The standard InChI is InChI=1S/C45H47N7O6/c1-50-37-13-14-46-24-36(37)33-8-5-27(17-39(33)50)28-6-12-41(47-23-28)58-32-18-29(19-32)48-30-21-45(22-30)25-51(26-45)15-3-2-4-16-57-31-7-9-34-35(20-31)44(56)52(43(34)55)38-10-11-40(53)49-42(38)54/h5-9,12-14,17,20,23-24,29-30,32,38,48H,2-4,10-11,15-16,18-19,21-22,25-26H2,1H3,(H,49,53,54). The molecule has 5 aromatic rings. The average Bonchev–Trinajstić information content (AvgIpc) is 3.61. The molecule has 1 unspecified atom stereocenters. The molecule has 0 radical (unpaired) electrons. The van der Waals surface area contributed by atoms with Gasteiger partial charge < -0.3 is 24.3 Å². The summed E-state index contributed by atoms with van der Waals surface area (Å²) in [6.45, 7) is 3.99. The Balaban J connectivity index is 0.597. The van der Waals surface area contributed by atoms with E-state index in [1.165, 1.54) is 47.7 Å². The maximum absolute atomic E-state index is 13.1. The molecule has 2 N–H and O–H groups in total. The second-order valence-electron chi connectivity index (χ2n) is 17.0. The lowest BCUT2D eigenvalue weighted by Gasteiger charge is -2.60. The van der Waals surface area contributed by atoms with Crippen LogP contribution in [0.5, 0.6) is 11.6 Å². The van der Waals surface area contributed by atoms with Crippen molar-refractivity contribution in [3.63, 3.8) is 0 Å². The molecule has 6 heterocycles. The van der Waals surface area contributed by atoms with E-state index >= 15 is 0 Å². The zero-order valence-electron chi connectivity index (χ0n) is 32.6. The highest BCUT2D eigenvalue weighted by Gasteiger charge is 2.52. The minimum absolute atomic E-state index is 0.0924. The van der Waals surface area contributed by atoms with Crippen molar-refractivity contribution >= 4 is 45.4 Å². The summed E-state index contributed by atoms with van der Waals surface area (Å²) in [6, 6.07) is 17.7. The van der Waals surface area contributed by atoms with Gasteiger partial charge in [-0.2, -0.15) is 0 Å². The number of unbranched alkanes of at least 4 members (excludes halogenated alkanes) is 2. The number of nitrogens with zero attached hydrogens (tertiary/aromatic N) is 5. The lowest BCUT2D eigenvalue weighted by Crippen LogP contribution is -2.67. The number of hydrogen-bond donors (Lipinski definition) is 2. The summed E-state index contributed by atoms with van der Waals surface area (Å²) in [5, 5.41) is 8.47. The van der Waals surface area contributed by atoms with E-state index in [0.717, 1.165) is 54.7 Å². The number of likely N-dealkylation sites (tertiary alicyclic amines) is 1. The van der Waals surface area contributed by atoms with Gasteiger partial charge in [0.05, 0.1) is 23.3 Å². The topological polar surface area (TPSA) is 148 Å². The number of benzene rings is 2. The van der Waals surface area contributed by atoms with Gasteiger partial charge >= 0.3 is 0 Å². The monoisotopic (exact) mass is 781 g/mol. The third kappa shape index (κ3) is 6.69. The minimum atomic E-state index is -0.974. The van der Waals surface area contributed by atoms with E-state index in [-0.39, 0.29) is 30.1 Å². The lowest BCUT2D eigenvalue weighted by molar-refractivity contribution is -0.136. The van der Waals surface area contributed by atoms with Crippen molar-refractivity contribution in [2.24, 2.45) is 12.5 Å². The van der Waals surface area contributed by atoms with Gasteiger partial charge in [0.2, 0.25) is 17.7 Å². The third-order valence-corrected chi connectivity index (χ3v) is 13.0. The third-order valence-electron chi connectivity index (χ3n) is 13.0. The molecule has 13 nitrogen and oxygen atoms in total. The smallest absolute Gasteiger partial charge is 0.262 e. The van der Waals surface area contributed by atoms with Crippen molar-refractivity contribution in [3.8, 4) is 22.8 Å². The van der Waals surface area contributed by atoms with E-state index in [1.807, 2.05) is 24.7 Å². The zero-order valence-corrected chi connectivity index (χ0v) is 32.6. The van der Waals surface area contributed by atoms with Crippen LogP contribution in [0.1, 0.15) is 78.5 Å². The molecule has 2 saturated heterocycles. The Kier molecular flexibility index (Phi) is 9.24. The van der Waals surface area contributed by atoms with Gasteiger partial charge in [-0.1, -0.05) is 12.1 Å². The van der Waals surface area contributed by atoms with E-state index in [1.54, 1.807) is 18.2 Å². The predicted octanol–water partition coefficient (Wildman–Crippen LogP) is 5.40. The van der Waals surface area contributed by atoms with E-state index in [0.29, 0.717) is 35.7 Å². The van der Waals surface area contributed by atoms with E-state index in [2.05, 4.69) is 67.4 Å². The molecule has 13 heteroatoms. The average molecular weight is 782 g/mol. The quantitative estimate of drug-likeness (QED) is 0.118. The van der Waals surface area contributed by atoms with Crippen molar-refractivity contribution in [1.29, 1.82) is 0 Å². The number of nitrogens with one attached hydrogen (secondary N) is 2. The van der Waals surface area contributed by atoms with Crippen LogP contribution < -0.4 is 20.1 Å². The summed E-state index contributed by atoms with van der Waals surface area (Å²) in [5.74, 6) is -0.828. The van der Waals surface area contributed by atoms with Crippen LogP contribution in [0.2, 0.25) is 0 Å². The Hall–Kier alpha value is -5.66. The van der Waals surface area contributed by atoms with Gasteiger partial charge in [-0.3, -0.25) is 34.4 Å². The van der Waals surface area contributed by atoms with Gasteiger partial charge in [-0.05, 0) is 105 Å². The van der Waals surface area contributed by atoms with Crippen LogP contribution >= 0.6 is 0 Å². The maximum atomic E-state index is 13.1. The first-order valence-electron chi connectivity index (χ1n) is 20.6. The number of pyridine rings is 2. The van der Waals surface area contributed by atoms with E-state index < -0.39 is 29.7 Å². The fraction of sp³-hybridized carbons (Fsp3) is 0.422. The molecule has 10 rings (SSSR count). The first-order valence-corrected chi connectivity index (χ1v) is 20.6. The Morgan fingerprint density at radius 2 is 1.67 bits per heavy atom. The number of imide groups is 2. The molecule has 2 aromatic carbocycles. The summed E-state index contributed by atoms with van der Waals surface area (Å²) in [5.41, 5.74) is 5.54. The molecular weight excluding hydrogens is 735 g/mol. The number of rotatable bonds is 13. The SMILES string of the molecule is Cn1c2ccncc2c2ccc(-c3ccc(OC4CC(NC5CC6(C5)CN(CCCCCOc5ccc7c(c5)C(=O)N(C5CCC(=O)NC5=O)C7=O)C6)C4)nc3)cc21. The number of piperidine rings is 1. The molecule has 4 amide bonds. The molecule has 2 aliphatic carbocycles. The van der Waals surface area contributed by atoms with Gasteiger partial charge in [0.15, 0.2) is 0 Å². The Bertz CT molecular complexity index is 2440. The first-order chi connectivity index (χ1) is 28.2. The van der Waals surface area contributed by atoms with Crippen molar-refractivity contribution in [2.75, 3.05) is 26.2 Å². The predicted molar refractivity (Wildman–Crippen MR) is 216 cm³/mol. The highest BCUT2D eigenvalue weighted by molar-refractivity contribution is 6.23. The number of aryl methyl sites for hydroxylation is 1. The van der Waals surface area contributed by atoms with Crippen LogP contribution in [0.25, 0.3) is 32.9 Å². The van der Waals surface area contributed by atoms with Crippen LogP contribution in [0, 0.1) is 5.41 Å². The van der Waals surface area contributed by atoms with Gasteiger partial charge in [-0.25, -0.2) is 4.98 Å².